The van der Waals surface area contributed by atoms with Crippen LogP contribution in [0.3, 0.4) is 0 Å². The van der Waals surface area contributed by atoms with Crippen molar-refractivity contribution in [3.05, 3.63) is 53.7 Å². The molecule has 2 aromatic rings. The normalized spacial score (nSPS) is 9.50. The number of nitrogens with zero attached hydrogens (tertiary/aromatic N) is 2. The summed E-state index contributed by atoms with van der Waals surface area (Å²) in [6.07, 6.45) is 1.47. The van der Waals surface area contributed by atoms with Crippen LogP contribution in [0.15, 0.2) is 42.6 Å². The van der Waals surface area contributed by atoms with Crippen molar-refractivity contribution in [1.82, 2.24) is 4.98 Å². The zero-order valence-corrected chi connectivity index (χ0v) is 9.42. The molecular weight excluding hydrogens is 228 g/mol. The summed E-state index contributed by atoms with van der Waals surface area (Å²) in [5.41, 5.74) is 7.01. The lowest BCUT2D eigenvalue weighted by atomic mass is 10.1. The molecule has 0 saturated carbocycles. The summed E-state index contributed by atoms with van der Waals surface area (Å²) >= 11 is 0. The first-order valence-corrected chi connectivity index (χ1v) is 5.22. The number of hydrogen-bond acceptors (Lipinski definition) is 4. The van der Waals surface area contributed by atoms with Crippen molar-refractivity contribution in [2.24, 2.45) is 0 Å². The Balaban J connectivity index is 2.12. The summed E-state index contributed by atoms with van der Waals surface area (Å²) in [6, 6.07) is 11.6. The minimum absolute atomic E-state index is 0.281. The summed E-state index contributed by atoms with van der Waals surface area (Å²) in [7, 11) is 0. The van der Waals surface area contributed by atoms with Gasteiger partial charge in [-0.25, -0.2) is 4.98 Å². The van der Waals surface area contributed by atoms with Gasteiger partial charge in [-0.15, -0.1) is 0 Å². The fraction of sp³-hybridized carbons (Fsp3) is 0. The summed E-state index contributed by atoms with van der Waals surface area (Å²) < 4.78 is 0. The molecule has 1 heterocycles. The molecule has 1 aromatic heterocycles. The number of aromatic nitrogens is 1. The molecule has 0 spiro atoms. The molecule has 1 aromatic carbocycles. The van der Waals surface area contributed by atoms with E-state index in [2.05, 4.69) is 10.3 Å². The molecule has 0 aliphatic heterocycles. The van der Waals surface area contributed by atoms with Crippen LogP contribution in [0.1, 0.15) is 15.9 Å². The topological polar surface area (TPSA) is 91.8 Å². The molecule has 5 nitrogen and oxygen atoms in total. The number of carbonyl (C=O) groups excluding carboxylic acids is 1. The van der Waals surface area contributed by atoms with Crippen LogP contribution in [0.5, 0.6) is 0 Å². The summed E-state index contributed by atoms with van der Waals surface area (Å²) in [5, 5.41) is 11.3. The first-order valence-electron chi connectivity index (χ1n) is 5.22. The molecule has 0 radical (unpaired) electrons. The number of hydrogen-bond donors (Lipinski definition) is 2. The predicted molar refractivity (Wildman–Crippen MR) is 67.8 cm³/mol. The van der Waals surface area contributed by atoms with Crippen molar-refractivity contribution in [2.45, 2.75) is 0 Å². The van der Waals surface area contributed by atoms with Crippen LogP contribution in [-0.2, 0) is 0 Å². The van der Waals surface area contributed by atoms with E-state index in [1.54, 1.807) is 36.4 Å². The van der Waals surface area contributed by atoms with Gasteiger partial charge in [0.2, 0.25) is 0 Å². The van der Waals surface area contributed by atoms with Gasteiger partial charge in [-0.1, -0.05) is 0 Å². The largest absolute Gasteiger partial charge is 0.397 e. The van der Waals surface area contributed by atoms with Crippen LogP contribution < -0.4 is 11.1 Å². The first-order chi connectivity index (χ1) is 8.69. The van der Waals surface area contributed by atoms with E-state index in [0.717, 1.165) is 0 Å². The van der Waals surface area contributed by atoms with Crippen molar-refractivity contribution in [1.29, 1.82) is 5.26 Å². The van der Waals surface area contributed by atoms with E-state index in [0.29, 0.717) is 22.6 Å². The fourth-order valence-corrected chi connectivity index (χ4v) is 1.36. The van der Waals surface area contributed by atoms with Crippen LogP contribution in [-0.4, -0.2) is 10.9 Å². The molecule has 0 aliphatic carbocycles. The predicted octanol–water partition coefficient (Wildman–Crippen LogP) is 1.79. The number of carbonyl (C=O) groups is 1. The number of nitrogens with two attached hydrogens (primary N) is 1. The number of rotatable bonds is 2. The standard InChI is InChI=1S/C13H10N4O/c14-7-9-1-3-10(4-2-9)13(18)17-12-6-5-11(15)8-16-12/h1-6,8H,15H2,(H,16,17,18). The average molecular weight is 238 g/mol. The van der Waals surface area contributed by atoms with Gasteiger partial charge < -0.3 is 11.1 Å². The van der Waals surface area contributed by atoms with Gasteiger partial charge in [-0.2, -0.15) is 5.26 Å². The number of nitriles is 1. The van der Waals surface area contributed by atoms with Gasteiger partial charge in [0, 0.05) is 5.56 Å². The SMILES string of the molecule is N#Cc1ccc(C(=O)Nc2ccc(N)cn2)cc1. The van der Waals surface area contributed by atoms with E-state index in [9.17, 15) is 4.79 Å². The van der Waals surface area contributed by atoms with Crippen molar-refractivity contribution in [3.8, 4) is 6.07 Å². The maximum absolute atomic E-state index is 11.8. The second-order valence-corrected chi connectivity index (χ2v) is 3.62. The van der Waals surface area contributed by atoms with E-state index in [4.69, 9.17) is 11.0 Å². The van der Waals surface area contributed by atoms with Gasteiger partial charge in [0.25, 0.3) is 5.91 Å². The molecule has 0 bridgehead atoms. The summed E-state index contributed by atoms with van der Waals surface area (Å²) in [6.45, 7) is 0. The van der Waals surface area contributed by atoms with Gasteiger partial charge in [0.05, 0.1) is 23.5 Å². The van der Waals surface area contributed by atoms with E-state index in [1.165, 1.54) is 6.20 Å². The molecule has 88 valence electrons. The third kappa shape index (κ3) is 2.62. The second-order valence-electron chi connectivity index (χ2n) is 3.62. The minimum Gasteiger partial charge on any atom is -0.397 e. The maximum atomic E-state index is 11.8. The highest BCUT2D eigenvalue weighted by atomic mass is 16.1. The number of anilines is 2. The monoisotopic (exact) mass is 238 g/mol. The molecule has 3 N–H and O–H groups in total. The molecule has 0 saturated heterocycles. The Hall–Kier alpha value is -2.87. The molecule has 0 fully saturated rings. The number of nitrogens with one attached hydrogen (secondary N) is 1. The van der Waals surface area contributed by atoms with Gasteiger partial charge in [-0.3, -0.25) is 4.79 Å². The Morgan fingerprint density at radius 2 is 1.94 bits per heavy atom. The molecule has 0 aliphatic rings. The van der Waals surface area contributed by atoms with Gasteiger partial charge in [-0.05, 0) is 36.4 Å². The highest BCUT2D eigenvalue weighted by Crippen LogP contribution is 2.09. The van der Waals surface area contributed by atoms with Crippen LogP contribution in [0.2, 0.25) is 0 Å². The Bertz CT molecular complexity index is 596. The minimum atomic E-state index is -0.281. The average Bonchev–Trinajstić information content (AvgIpc) is 2.41. The lowest BCUT2D eigenvalue weighted by Crippen LogP contribution is -2.12. The Labute approximate surface area is 104 Å². The molecule has 0 unspecified atom stereocenters. The molecule has 18 heavy (non-hydrogen) atoms. The fourth-order valence-electron chi connectivity index (χ4n) is 1.36. The van der Waals surface area contributed by atoms with Crippen LogP contribution >= 0.6 is 0 Å². The van der Waals surface area contributed by atoms with Gasteiger partial charge in [0.1, 0.15) is 5.82 Å². The Morgan fingerprint density at radius 3 is 2.50 bits per heavy atom. The maximum Gasteiger partial charge on any atom is 0.256 e. The van der Waals surface area contributed by atoms with Gasteiger partial charge >= 0.3 is 0 Å². The van der Waals surface area contributed by atoms with Crippen LogP contribution in [0, 0.1) is 11.3 Å². The molecule has 2 rings (SSSR count). The van der Waals surface area contributed by atoms with Gasteiger partial charge in [0.15, 0.2) is 0 Å². The molecule has 1 amide bonds. The van der Waals surface area contributed by atoms with E-state index in [-0.39, 0.29) is 5.91 Å². The summed E-state index contributed by atoms with van der Waals surface area (Å²) in [4.78, 5) is 15.8. The quantitative estimate of drug-likeness (QED) is 0.834. The van der Waals surface area contributed by atoms with Crippen LogP contribution in [0.25, 0.3) is 0 Å². The number of amides is 1. The van der Waals surface area contributed by atoms with E-state index < -0.39 is 0 Å². The highest BCUT2D eigenvalue weighted by molar-refractivity contribution is 6.03. The van der Waals surface area contributed by atoms with E-state index >= 15 is 0 Å². The van der Waals surface area contributed by atoms with Crippen molar-refractivity contribution >= 4 is 17.4 Å². The smallest absolute Gasteiger partial charge is 0.256 e. The summed E-state index contributed by atoms with van der Waals surface area (Å²) in [5.74, 6) is 0.148. The Kier molecular flexibility index (Phi) is 3.21. The van der Waals surface area contributed by atoms with Crippen LogP contribution in [0.4, 0.5) is 11.5 Å². The van der Waals surface area contributed by atoms with E-state index in [1.807, 2.05) is 6.07 Å². The number of pyridine rings is 1. The number of nitrogen functional groups attached to an aromatic ring is 1. The zero-order chi connectivity index (χ0) is 13.0. The molecule has 5 heteroatoms. The third-order valence-corrected chi connectivity index (χ3v) is 2.30. The lowest BCUT2D eigenvalue weighted by Gasteiger charge is -2.04. The van der Waals surface area contributed by atoms with Crippen molar-refractivity contribution in [3.63, 3.8) is 0 Å². The zero-order valence-electron chi connectivity index (χ0n) is 9.42. The van der Waals surface area contributed by atoms with Crippen molar-refractivity contribution in [2.75, 3.05) is 11.1 Å². The molecule has 0 atom stereocenters. The molecular formula is C13H10N4O. The highest BCUT2D eigenvalue weighted by Gasteiger charge is 2.06. The Morgan fingerprint density at radius 1 is 1.22 bits per heavy atom. The third-order valence-electron chi connectivity index (χ3n) is 2.30. The number of benzene rings is 1. The lowest BCUT2D eigenvalue weighted by molar-refractivity contribution is 0.102. The second kappa shape index (κ2) is 4.97. The van der Waals surface area contributed by atoms with Crippen molar-refractivity contribution < 1.29 is 4.79 Å². The first kappa shape index (κ1) is 11.6.